The zero-order valence-corrected chi connectivity index (χ0v) is 16.8. The third kappa shape index (κ3) is 6.06. The van der Waals surface area contributed by atoms with E-state index in [4.69, 9.17) is 0 Å². The van der Waals surface area contributed by atoms with Gasteiger partial charge in [-0.2, -0.15) is 0 Å². The van der Waals surface area contributed by atoms with E-state index in [0.29, 0.717) is 13.1 Å². The Bertz CT molecular complexity index is 379. The Morgan fingerprint density at radius 1 is 0.708 bits per heavy atom. The predicted molar refractivity (Wildman–Crippen MR) is 86.0 cm³/mol. The molecular formula is C16H32Cl2N4O2. The molecule has 3 aliphatic heterocycles. The molecule has 0 spiro atoms. The summed E-state index contributed by atoms with van der Waals surface area (Å²) in [6.45, 7) is 15.3. The van der Waals surface area contributed by atoms with Gasteiger partial charge < -0.3 is 44.4 Å². The van der Waals surface area contributed by atoms with Crippen LogP contribution in [0.1, 0.15) is 27.7 Å². The van der Waals surface area contributed by atoms with Crippen LogP contribution < -0.4 is 35.4 Å². The summed E-state index contributed by atoms with van der Waals surface area (Å²) in [6, 6.07) is 0.407. The first-order valence-corrected chi connectivity index (χ1v) is 8.53. The zero-order valence-electron chi connectivity index (χ0n) is 15.3. The molecule has 0 aromatic rings. The Hall–Kier alpha value is -0.560. The molecule has 0 radical (unpaired) electrons. The van der Waals surface area contributed by atoms with Gasteiger partial charge in [-0.05, 0) is 27.7 Å². The maximum Gasteiger partial charge on any atom is 0.275 e. The summed E-state index contributed by atoms with van der Waals surface area (Å²) in [4.78, 5) is 24.2. The number of halogens is 2. The number of nitrogens with one attached hydrogen (secondary N) is 2. The number of hydrogen-bond donors (Lipinski definition) is 2. The first kappa shape index (κ1) is 23.4. The molecular weight excluding hydrogens is 351 g/mol. The lowest BCUT2D eigenvalue weighted by atomic mass is 10.1. The van der Waals surface area contributed by atoms with Crippen LogP contribution in [0.25, 0.3) is 0 Å². The summed E-state index contributed by atoms with van der Waals surface area (Å²) < 4.78 is 1.81. The average molecular weight is 383 g/mol. The summed E-state index contributed by atoms with van der Waals surface area (Å²) in [7, 11) is 0. The number of quaternary nitrogens is 2. The third-order valence-corrected chi connectivity index (χ3v) is 5.00. The molecule has 3 saturated heterocycles. The Balaban J connectivity index is 0.00000264. The maximum absolute atomic E-state index is 12.1. The van der Waals surface area contributed by atoms with Crippen molar-refractivity contribution in [1.29, 1.82) is 0 Å². The molecule has 0 saturated carbocycles. The monoisotopic (exact) mass is 382 g/mol. The lowest BCUT2D eigenvalue weighted by Gasteiger charge is -2.54. The molecule has 0 aliphatic carbocycles. The van der Waals surface area contributed by atoms with Gasteiger partial charge in [-0.25, -0.2) is 0 Å². The minimum Gasteiger partial charge on any atom is -1.00 e. The molecule has 2 amide bonds. The van der Waals surface area contributed by atoms with Crippen molar-refractivity contribution in [2.75, 3.05) is 52.4 Å². The molecule has 8 heteroatoms. The quantitative estimate of drug-likeness (QED) is 0.449. The summed E-state index contributed by atoms with van der Waals surface area (Å²) in [5.41, 5.74) is 0. The van der Waals surface area contributed by atoms with Crippen LogP contribution >= 0.6 is 0 Å². The normalized spacial score (nSPS) is 28.1. The molecule has 3 aliphatic rings. The molecule has 0 atom stereocenters. The Morgan fingerprint density at radius 2 is 0.958 bits per heavy atom. The van der Waals surface area contributed by atoms with E-state index in [1.54, 1.807) is 0 Å². The zero-order chi connectivity index (χ0) is 16.4. The average Bonchev–Trinajstić information content (AvgIpc) is 2.38. The number of carbonyl (C=O) groups is 2. The van der Waals surface area contributed by atoms with Crippen molar-refractivity contribution in [2.24, 2.45) is 0 Å². The molecule has 2 N–H and O–H groups in total. The van der Waals surface area contributed by atoms with Crippen LogP contribution in [0.15, 0.2) is 0 Å². The van der Waals surface area contributed by atoms with Gasteiger partial charge >= 0.3 is 0 Å². The van der Waals surface area contributed by atoms with Crippen molar-refractivity contribution < 1.29 is 43.4 Å². The molecule has 3 rings (SSSR count). The summed E-state index contributed by atoms with van der Waals surface area (Å²) in [5, 5.41) is 6.01. The highest BCUT2D eigenvalue weighted by molar-refractivity contribution is 5.77. The molecule has 6 nitrogen and oxygen atoms in total. The SMILES string of the molecule is CC(C)NC(=O)C[N+]12CC[N+](CC(=O)NC(C)C)(CC1)CC2.[Cl-].[Cl-]. The van der Waals surface area contributed by atoms with Gasteiger partial charge in [0.2, 0.25) is 0 Å². The fourth-order valence-electron chi connectivity index (χ4n) is 3.76. The number of hydrogen-bond acceptors (Lipinski definition) is 2. The van der Waals surface area contributed by atoms with Crippen LogP contribution in [0.4, 0.5) is 0 Å². The highest BCUT2D eigenvalue weighted by atomic mass is 35.5. The van der Waals surface area contributed by atoms with Crippen LogP contribution in [0.2, 0.25) is 0 Å². The van der Waals surface area contributed by atoms with Gasteiger partial charge in [0.25, 0.3) is 11.8 Å². The van der Waals surface area contributed by atoms with Crippen molar-refractivity contribution in [2.45, 2.75) is 39.8 Å². The van der Waals surface area contributed by atoms with Crippen molar-refractivity contribution in [1.82, 2.24) is 10.6 Å². The van der Waals surface area contributed by atoms with Gasteiger partial charge in [-0.15, -0.1) is 0 Å². The fourth-order valence-corrected chi connectivity index (χ4v) is 3.76. The number of fused-ring (bicyclic) bond motifs is 3. The number of piperazine rings is 3. The predicted octanol–water partition coefficient (Wildman–Crippen LogP) is -6.30. The van der Waals surface area contributed by atoms with Crippen LogP contribution in [0.3, 0.4) is 0 Å². The molecule has 3 fully saturated rings. The van der Waals surface area contributed by atoms with Crippen molar-refractivity contribution >= 4 is 11.8 Å². The van der Waals surface area contributed by atoms with E-state index in [-0.39, 0.29) is 48.7 Å². The molecule has 2 bridgehead atoms. The minimum absolute atomic E-state index is 0. The lowest BCUT2D eigenvalue weighted by molar-refractivity contribution is -1.07. The molecule has 0 aromatic carbocycles. The van der Waals surface area contributed by atoms with Gasteiger partial charge in [0.15, 0.2) is 13.1 Å². The van der Waals surface area contributed by atoms with Gasteiger partial charge in [0.05, 0.1) is 0 Å². The van der Waals surface area contributed by atoms with E-state index in [1.165, 1.54) is 0 Å². The van der Waals surface area contributed by atoms with Crippen LogP contribution in [-0.2, 0) is 9.59 Å². The fraction of sp³-hybridized carbons (Fsp3) is 0.875. The van der Waals surface area contributed by atoms with Gasteiger partial charge in [0, 0.05) is 12.1 Å². The summed E-state index contributed by atoms with van der Waals surface area (Å²) in [5.74, 6) is 0.323. The second kappa shape index (κ2) is 9.22. The topological polar surface area (TPSA) is 58.2 Å². The number of carbonyl (C=O) groups excluding carboxylic acids is 2. The first-order chi connectivity index (χ1) is 10.2. The Kier molecular flexibility index (Phi) is 9.01. The first-order valence-electron chi connectivity index (χ1n) is 8.53. The van der Waals surface area contributed by atoms with E-state index >= 15 is 0 Å². The van der Waals surface area contributed by atoms with Gasteiger partial charge in [0.1, 0.15) is 39.3 Å². The van der Waals surface area contributed by atoms with Crippen molar-refractivity contribution in [3.05, 3.63) is 0 Å². The largest absolute Gasteiger partial charge is 1.00 e. The second-order valence-electron chi connectivity index (χ2n) is 7.79. The van der Waals surface area contributed by atoms with Crippen LogP contribution in [0.5, 0.6) is 0 Å². The minimum atomic E-state index is 0. The van der Waals surface area contributed by atoms with Gasteiger partial charge in [-0.1, -0.05) is 0 Å². The highest BCUT2D eigenvalue weighted by Crippen LogP contribution is 2.26. The molecule has 3 heterocycles. The molecule has 0 aromatic heterocycles. The van der Waals surface area contributed by atoms with E-state index in [0.717, 1.165) is 48.2 Å². The maximum atomic E-state index is 12.1. The summed E-state index contributed by atoms with van der Waals surface area (Å²) >= 11 is 0. The van der Waals surface area contributed by atoms with Gasteiger partial charge in [-0.3, -0.25) is 9.59 Å². The van der Waals surface area contributed by atoms with E-state index in [2.05, 4.69) is 10.6 Å². The highest BCUT2D eigenvalue weighted by Gasteiger charge is 2.50. The van der Waals surface area contributed by atoms with E-state index < -0.39 is 0 Å². The van der Waals surface area contributed by atoms with Crippen LogP contribution in [-0.4, -0.2) is 85.2 Å². The second-order valence-corrected chi connectivity index (χ2v) is 7.79. The smallest absolute Gasteiger partial charge is 0.275 e. The number of rotatable bonds is 6. The molecule has 0 unspecified atom stereocenters. The summed E-state index contributed by atoms with van der Waals surface area (Å²) in [6.07, 6.45) is 0. The van der Waals surface area contributed by atoms with Crippen molar-refractivity contribution in [3.63, 3.8) is 0 Å². The third-order valence-electron chi connectivity index (χ3n) is 5.00. The van der Waals surface area contributed by atoms with E-state index in [1.807, 2.05) is 27.7 Å². The number of nitrogens with zero attached hydrogens (tertiary/aromatic N) is 2. The number of amides is 2. The van der Waals surface area contributed by atoms with Crippen molar-refractivity contribution in [3.8, 4) is 0 Å². The standard InChI is InChI=1S/C16H30N4O2.2ClH/c1-13(2)17-15(21)11-19-5-8-20(9-6-19,10-7-19)12-16(22)18-14(3)4;;/h13-14H,5-12H2,1-4H3;2*1H. The molecule has 142 valence electrons. The molecule has 24 heavy (non-hydrogen) atoms. The Morgan fingerprint density at radius 3 is 1.17 bits per heavy atom. The van der Waals surface area contributed by atoms with Crippen LogP contribution in [0, 0.1) is 0 Å². The Labute approximate surface area is 158 Å². The van der Waals surface area contributed by atoms with E-state index in [9.17, 15) is 9.59 Å². The lowest BCUT2D eigenvalue weighted by Crippen LogP contribution is -3.00.